The van der Waals surface area contributed by atoms with E-state index in [1.165, 1.54) is 7.11 Å². The highest BCUT2D eigenvalue weighted by Gasteiger charge is 2.46. The third-order valence-corrected chi connectivity index (χ3v) is 9.42. The van der Waals surface area contributed by atoms with Crippen LogP contribution in [0.1, 0.15) is 69.8 Å². The molecule has 2 fully saturated rings. The van der Waals surface area contributed by atoms with Crippen LogP contribution in [0, 0.1) is 23.7 Å². The molecule has 2 aliphatic rings. The van der Waals surface area contributed by atoms with Gasteiger partial charge < -0.3 is 33.2 Å². The average Bonchev–Trinajstić information content (AvgIpc) is 3.07. The van der Waals surface area contributed by atoms with Crippen molar-refractivity contribution in [2.75, 3.05) is 20.3 Å². The molecule has 0 saturated carbocycles. The predicted molar refractivity (Wildman–Crippen MR) is 168 cm³/mol. The highest BCUT2D eigenvalue weighted by atomic mass is 16.7. The molecule has 2 heterocycles. The third kappa shape index (κ3) is 9.36. The fourth-order valence-electron chi connectivity index (χ4n) is 6.08. The maximum atomic E-state index is 13.1. The second kappa shape index (κ2) is 17.2. The predicted octanol–water partition coefficient (Wildman–Crippen LogP) is 6.19. The number of benzene rings is 2. The molecule has 2 aromatic carbocycles. The zero-order chi connectivity index (χ0) is 32.3. The van der Waals surface area contributed by atoms with Gasteiger partial charge in [-0.3, -0.25) is 4.79 Å². The van der Waals surface area contributed by atoms with Gasteiger partial charge in [-0.2, -0.15) is 0 Å². The summed E-state index contributed by atoms with van der Waals surface area (Å²) in [6.45, 7) is 11.5. The smallest absolute Gasteiger partial charge is 0.338 e. The highest BCUT2D eigenvalue weighted by Crippen LogP contribution is 2.37. The first kappa shape index (κ1) is 35.0. The van der Waals surface area contributed by atoms with E-state index < -0.39 is 24.7 Å². The molecule has 0 aliphatic carbocycles. The molecule has 0 radical (unpaired) electrons. The normalized spacial score (nSPS) is 31.7. The van der Waals surface area contributed by atoms with Gasteiger partial charge in [0, 0.05) is 12.3 Å². The number of hydrogen-bond donors (Lipinski definition) is 0. The van der Waals surface area contributed by atoms with Crippen LogP contribution in [0.3, 0.4) is 0 Å². The maximum Gasteiger partial charge on any atom is 0.338 e. The van der Waals surface area contributed by atoms with E-state index >= 15 is 0 Å². The van der Waals surface area contributed by atoms with Crippen LogP contribution in [-0.2, 0) is 44.6 Å². The minimum atomic E-state index is -0.744. The summed E-state index contributed by atoms with van der Waals surface area (Å²) < 4.78 is 42.8. The van der Waals surface area contributed by atoms with E-state index in [0.717, 1.165) is 12.0 Å². The average molecular weight is 627 g/mol. The molecule has 0 spiro atoms. The van der Waals surface area contributed by atoms with Crippen LogP contribution in [0.15, 0.2) is 60.7 Å². The fraction of sp³-hybridized carbons (Fsp3) is 0.611. The maximum absolute atomic E-state index is 13.1. The molecular formula is C36H50O9. The number of rotatable bonds is 14. The van der Waals surface area contributed by atoms with E-state index in [4.69, 9.17) is 33.2 Å². The van der Waals surface area contributed by atoms with Crippen LogP contribution in [0.5, 0.6) is 0 Å². The fourth-order valence-corrected chi connectivity index (χ4v) is 6.08. The van der Waals surface area contributed by atoms with Crippen molar-refractivity contribution in [3.8, 4) is 0 Å². The van der Waals surface area contributed by atoms with E-state index in [9.17, 15) is 9.59 Å². The van der Waals surface area contributed by atoms with Gasteiger partial charge in [0.05, 0.1) is 44.7 Å². The van der Waals surface area contributed by atoms with Crippen molar-refractivity contribution in [1.29, 1.82) is 0 Å². The number of hydrogen-bond acceptors (Lipinski definition) is 9. The van der Waals surface area contributed by atoms with E-state index in [1.807, 2.05) is 48.5 Å². The lowest BCUT2D eigenvalue weighted by molar-refractivity contribution is -0.312. The number of ether oxygens (including phenoxy) is 7. The lowest BCUT2D eigenvalue weighted by Crippen LogP contribution is -2.55. The quantitative estimate of drug-likeness (QED) is 0.180. The summed E-state index contributed by atoms with van der Waals surface area (Å²) in [7, 11) is 1.38. The summed E-state index contributed by atoms with van der Waals surface area (Å²) in [5.74, 6) is -0.347. The topological polar surface area (TPSA) is 98.8 Å². The van der Waals surface area contributed by atoms with Crippen molar-refractivity contribution in [2.24, 2.45) is 23.7 Å². The van der Waals surface area contributed by atoms with Gasteiger partial charge in [0.1, 0.15) is 6.10 Å². The zero-order valence-corrected chi connectivity index (χ0v) is 27.5. The standard InChI is InChI=1S/C36H50O9/c1-7-29-23(2)26(5)33(45-34(38)28-17-12-9-13-18-28)36(43-29)42-22-30-24(3)25(4)32(41-21-27-15-10-8-11-16-27)35(44-30)40-20-14-19-31(37)39-6/h8-13,15-18,23-26,29-30,32-33,35-36H,7,14,19-22H2,1-6H3/t23-,24-,25+,26+,29?,30?,32?,33?,35-,36-/m1/s1. The number of carbonyl (C=O) groups excluding carboxylic acids is 2. The summed E-state index contributed by atoms with van der Waals surface area (Å²) in [6, 6.07) is 19.0. The molecule has 2 aromatic rings. The number of carbonyl (C=O) groups is 2. The second-order valence-corrected chi connectivity index (χ2v) is 12.3. The molecule has 2 aliphatic heterocycles. The first-order valence-corrected chi connectivity index (χ1v) is 16.3. The molecule has 9 heteroatoms. The molecule has 4 unspecified atom stereocenters. The zero-order valence-electron chi connectivity index (χ0n) is 27.5. The summed E-state index contributed by atoms with van der Waals surface area (Å²) in [5.41, 5.74) is 1.55. The van der Waals surface area contributed by atoms with Crippen molar-refractivity contribution < 1.29 is 42.7 Å². The number of methoxy groups -OCH3 is 1. The van der Waals surface area contributed by atoms with Gasteiger partial charge in [0.15, 0.2) is 18.7 Å². The molecule has 0 aromatic heterocycles. The summed E-state index contributed by atoms with van der Waals surface area (Å²) >= 11 is 0. The summed E-state index contributed by atoms with van der Waals surface area (Å²) in [6.07, 6.45) is -1.09. The van der Waals surface area contributed by atoms with E-state index in [1.54, 1.807) is 12.1 Å². The Labute approximate surface area is 267 Å². The lowest BCUT2D eigenvalue weighted by atomic mass is 9.82. The summed E-state index contributed by atoms with van der Waals surface area (Å²) in [5, 5.41) is 0. The Bertz CT molecular complexity index is 1180. The monoisotopic (exact) mass is 626 g/mol. The molecule has 9 nitrogen and oxygen atoms in total. The van der Waals surface area contributed by atoms with Crippen molar-refractivity contribution in [3.05, 3.63) is 71.8 Å². The van der Waals surface area contributed by atoms with Gasteiger partial charge in [-0.05, 0) is 48.3 Å². The van der Waals surface area contributed by atoms with Gasteiger partial charge >= 0.3 is 11.9 Å². The third-order valence-electron chi connectivity index (χ3n) is 9.42. The lowest BCUT2D eigenvalue weighted by Gasteiger charge is -2.46. The molecule has 2 saturated heterocycles. The van der Waals surface area contributed by atoms with Crippen molar-refractivity contribution in [3.63, 3.8) is 0 Å². The van der Waals surface area contributed by atoms with Gasteiger partial charge in [-0.15, -0.1) is 0 Å². The Morgan fingerprint density at radius 1 is 0.733 bits per heavy atom. The SMILES string of the molecule is CCC1O[C@@H](OCC2O[C@@H](OCCCC(=O)OC)C(OCc3ccccc3)[C@@H](C)[C@H]2C)C(OC(=O)c2ccccc2)[C@@H](C)[C@H]1C. The van der Waals surface area contributed by atoms with E-state index in [2.05, 4.69) is 34.6 Å². The minimum Gasteiger partial charge on any atom is -0.469 e. The van der Waals surface area contributed by atoms with Crippen molar-refractivity contribution >= 4 is 11.9 Å². The van der Waals surface area contributed by atoms with Crippen LogP contribution in [0.4, 0.5) is 0 Å². The van der Waals surface area contributed by atoms with E-state index in [-0.39, 0.29) is 61.0 Å². The Morgan fingerprint density at radius 3 is 2.00 bits per heavy atom. The first-order chi connectivity index (χ1) is 21.7. The molecular weight excluding hydrogens is 576 g/mol. The van der Waals surface area contributed by atoms with Crippen LogP contribution >= 0.6 is 0 Å². The molecule has 0 N–H and O–H groups in total. The van der Waals surface area contributed by atoms with Crippen LogP contribution < -0.4 is 0 Å². The molecule has 0 bridgehead atoms. The van der Waals surface area contributed by atoms with Crippen LogP contribution in [0.25, 0.3) is 0 Å². The highest BCUT2D eigenvalue weighted by molar-refractivity contribution is 5.89. The van der Waals surface area contributed by atoms with Gasteiger partial charge in [-0.25, -0.2) is 4.79 Å². The first-order valence-electron chi connectivity index (χ1n) is 16.3. The van der Waals surface area contributed by atoms with E-state index in [0.29, 0.717) is 25.2 Å². The minimum absolute atomic E-state index is 0.0200. The van der Waals surface area contributed by atoms with Gasteiger partial charge in [0.2, 0.25) is 0 Å². The molecule has 45 heavy (non-hydrogen) atoms. The van der Waals surface area contributed by atoms with Crippen molar-refractivity contribution in [2.45, 2.75) is 97.5 Å². The Hall–Kier alpha value is -2.82. The number of esters is 2. The molecule has 0 amide bonds. The van der Waals surface area contributed by atoms with Crippen LogP contribution in [-0.4, -0.2) is 69.3 Å². The molecule has 4 rings (SSSR count). The Balaban J connectivity index is 1.45. The Morgan fingerprint density at radius 2 is 1.33 bits per heavy atom. The van der Waals surface area contributed by atoms with Gasteiger partial charge in [0.25, 0.3) is 0 Å². The second-order valence-electron chi connectivity index (χ2n) is 12.3. The molecule has 248 valence electrons. The van der Waals surface area contributed by atoms with Gasteiger partial charge in [-0.1, -0.05) is 83.1 Å². The largest absolute Gasteiger partial charge is 0.469 e. The van der Waals surface area contributed by atoms with Crippen molar-refractivity contribution in [1.82, 2.24) is 0 Å². The van der Waals surface area contributed by atoms with Crippen LogP contribution in [0.2, 0.25) is 0 Å². The summed E-state index contributed by atoms with van der Waals surface area (Å²) in [4.78, 5) is 24.7. The molecule has 10 atom stereocenters. The Kier molecular flexibility index (Phi) is 13.4.